The zero-order valence-corrected chi connectivity index (χ0v) is 20.6. The van der Waals surface area contributed by atoms with E-state index >= 15 is 0 Å². The molecule has 0 aromatic heterocycles. The van der Waals surface area contributed by atoms with E-state index in [1.165, 1.54) is 0 Å². The van der Waals surface area contributed by atoms with Crippen molar-refractivity contribution in [3.8, 4) is 0 Å². The summed E-state index contributed by atoms with van der Waals surface area (Å²) in [5.74, 6) is 3.77. The summed E-state index contributed by atoms with van der Waals surface area (Å²) in [4.78, 5) is 0.820. The first-order chi connectivity index (χ1) is 16.4. The summed E-state index contributed by atoms with van der Waals surface area (Å²) in [5, 5.41) is 0. The molecule has 178 valence electrons. The van der Waals surface area contributed by atoms with Crippen molar-refractivity contribution in [2.45, 2.75) is 22.6 Å². The predicted octanol–water partition coefficient (Wildman–Crippen LogP) is 4.81. The van der Waals surface area contributed by atoms with Gasteiger partial charge in [-0.2, -0.15) is 0 Å². The minimum Gasteiger partial charge on any atom is -0.224 e. The van der Waals surface area contributed by atoms with E-state index in [2.05, 4.69) is 24.3 Å². The smallest absolute Gasteiger partial charge is 0.178 e. The molecule has 34 heavy (non-hydrogen) atoms. The molecule has 0 heterocycles. The van der Waals surface area contributed by atoms with Crippen LogP contribution in [0.25, 0.3) is 0 Å². The van der Waals surface area contributed by atoms with Crippen LogP contribution in [0.3, 0.4) is 0 Å². The highest BCUT2D eigenvalue weighted by Crippen LogP contribution is 2.68. The SMILES string of the molecule is O=S(=O)(CCC1C2C=CC3C(CCS(=O)(=O)c4ccccc4)C4C=CC1C4C23)c1ccccc1. The second-order valence-corrected chi connectivity index (χ2v) is 14.6. The van der Waals surface area contributed by atoms with Crippen molar-refractivity contribution in [3.63, 3.8) is 0 Å². The molecule has 0 bridgehead atoms. The van der Waals surface area contributed by atoms with Gasteiger partial charge in [0.1, 0.15) is 0 Å². The molecule has 6 rings (SSSR count). The van der Waals surface area contributed by atoms with Crippen LogP contribution >= 0.6 is 0 Å². The monoisotopic (exact) mass is 494 g/mol. The van der Waals surface area contributed by atoms with Crippen LogP contribution < -0.4 is 0 Å². The van der Waals surface area contributed by atoms with Crippen LogP contribution in [0.1, 0.15) is 12.8 Å². The molecule has 4 aliphatic carbocycles. The van der Waals surface area contributed by atoms with Crippen LogP contribution in [0.5, 0.6) is 0 Å². The summed E-state index contributed by atoms with van der Waals surface area (Å²) in [7, 11) is -6.57. The molecule has 0 aliphatic heterocycles. The fourth-order valence-corrected chi connectivity index (χ4v) is 10.4. The average molecular weight is 495 g/mol. The van der Waals surface area contributed by atoms with E-state index in [4.69, 9.17) is 0 Å². The van der Waals surface area contributed by atoms with Crippen LogP contribution in [-0.4, -0.2) is 28.3 Å². The maximum atomic E-state index is 12.9. The minimum atomic E-state index is -3.28. The minimum absolute atomic E-state index is 0.184. The summed E-state index contributed by atoms with van der Waals surface area (Å²) >= 11 is 0. The molecule has 4 aliphatic rings. The highest BCUT2D eigenvalue weighted by molar-refractivity contribution is 7.91. The van der Waals surface area contributed by atoms with Crippen LogP contribution in [0, 0.1) is 47.3 Å². The Labute approximate surface area is 202 Å². The van der Waals surface area contributed by atoms with Gasteiger partial charge in [-0.3, -0.25) is 0 Å². The molecule has 4 unspecified atom stereocenters. The summed E-state index contributed by atoms with van der Waals surface area (Å²) in [6.07, 6.45) is 10.7. The van der Waals surface area contributed by atoms with Gasteiger partial charge in [0.25, 0.3) is 0 Å². The first-order valence-corrected chi connectivity index (χ1v) is 15.6. The van der Waals surface area contributed by atoms with Gasteiger partial charge >= 0.3 is 0 Å². The normalized spacial score (nSPS) is 35.2. The van der Waals surface area contributed by atoms with Crippen molar-refractivity contribution in [2.24, 2.45) is 47.3 Å². The lowest BCUT2D eigenvalue weighted by molar-refractivity contribution is 0.284. The van der Waals surface area contributed by atoms with Crippen molar-refractivity contribution < 1.29 is 16.8 Å². The highest BCUT2D eigenvalue weighted by atomic mass is 32.2. The summed E-state index contributed by atoms with van der Waals surface area (Å²) in [6, 6.07) is 17.5. The zero-order valence-electron chi connectivity index (χ0n) is 19.0. The van der Waals surface area contributed by atoms with E-state index < -0.39 is 19.7 Å². The van der Waals surface area contributed by atoms with Crippen molar-refractivity contribution in [1.29, 1.82) is 0 Å². The summed E-state index contributed by atoms with van der Waals surface area (Å²) in [6.45, 7) is 0. The van der Waals surface area contributed by atoms with Crippen molar-refractivity contribution >= 4 is 19.7 Å². The van der Waals surface area contributed by atoms with E-state index in [0.717, 1.165) is 0 Å². The first-order valence-electron chi connectivity index (χ1n) is 12.3. The van der Waals surface area contributed by atoms with Crippen molar-refractivity contribution in [2.75, 3.05) is 11.5 Å². The van der Waals surface area contributed by atoms with Gasteiger partial charge < -0.3 is 0 Å². The number of rotatable bonds is 8. The molecule has 4 atom stereocenters. The van der Waals surface area contributed by atoms with Gasteiger partial charge in [0.15, 0.2) is 19.7 Å². The van der Waals surface area contributed by atoms with Crippen LogP contribution in [0.2, 0.25) is 0 Å². The number of sulfone groups is 2. The number of benzene rings is 2. The molecule has 6 heteroatoms. The fraction of sp³-hybridized carbons (Fsp3) is 0.429. The molecular formula is C28H30O4S2. The molecule has 2 aromatic rings. The third-order valence-electron chi connectivity index (χ3n) is 8.96. The van der Waals surface area contributed by atoms with Crippen molar-refractivity contribution in [3.05, 3.63) is 85.0 Å². The Hall–Kier alpha value is -2.18. The lowest BCUT2D eigenvalue weighted by atomic mass is 9.81. The standard InChI is InChI=1S/C28H30O4S2/c29-33(30,19-7-3-1-4-8-19)17-15-21-23-11-13-25-22(26-14-12-24(21)28(26)27(23)25)16-18-34(31,32)20-9-5-2-6-10-20/h1-14,21-28H,15-18H2. The highest BCUT2D eigenvalue weighted by Gasteiger charge is 2.63. The lowest BCUT2D eigenvalue weighted by Gasteiger charge is -2.25. The Morgan fingerprint density at radius 3 is 1.15 bits per heavy atom. The van der Waals surface area contributed by atoms with Crippen LogP contribution in [-0.2, 0) is 19.7 Å². The Bertz CT molecular complexity index is 1200. The van der Waals surface area contributed by atoms with Gasteiger partial charge in [-0.1, -0.05) is 60.7 Å². The van der Waals surface area contributed by atoms with E-state index in [9.17, 15) is 16.8 Å². The summed E-state index contributed by atoms with van der Waals surface area (Å²) in [5.41, 5.74) is 0. The van der Waals surface area contributed by atoms with Crippen LogP contribution in [0.15, 0.2) is 94.8 Å². The first kappa shape index (κ1) is 22.3. The topological polar surface area (TPSA) is 68.3 Å². The molecule has 4 nitrogen and oxygen atoms in total. The molecule has 0 N–H and O–H groups in total. The molecule has 0 spiro atoms. The fourth-order valence-electron chi connectivity index (χ4n) is 7.64. The largest absolute Gasteiger partial charge is 0.224 e. The van der Waals surface area contributed by atoms with Gasteiger partial charge in [-0.15, -0.1) is 0 Å². The van der Waals surface area contributed by atoms with E-state index in [1.807, 2.05) is 12.1 Å². The van der Waals surface area contributed by atoms with E-state index in [0.29, 0.717) is 70.0 Å². The Balaban J connectivity index is 1.16. The molecule has 2 saturated carbocycles. The summed E-state index contributed by atoms with van der Waals surface area (Å²) < 4.78 is 51.6. The van der Waals surface area contributed by atoms with Gasteiger partial charge in [0.05, 0.1) is 21.3 Å². The molecule has 2 fully saturated rings. The maximum absolute atomic E-state index is 12.9. The maximum Gasteiger partial charge on any atom is 0.178 e. The Kier molecular flexibility index (Phi) is 5.38. The number of hydrogen-bond donors (Lipinski definition) is 0. The lowest BCUT2D eigenvalue weighted by Crippen LogP contribution is -2.23. The number of hydrogen-bond acceptors (Lipinski definition) is 4. The third kappa shape index (κ3) is 3.53. The third-order valence-corrected chi connectivity index (χ3v) is 12.5. The second kappa shape index (κ2) is 8.20. The van der Waals surface area contributed by atoms with Crippen LogP contribution in [0.4, 0.5) is 0 Å². The van der Waals surface area contributed by atoms with E-state index in [1.54, 1.807) is 48.5 Å². The molecular weight excluding hydrogens is 464 g/mol. The zero-order chi connectivity index (χ0) is 23.5. The van der Waals surface area contributed by atoms with Gasteiger partial charge in [-0.05, 0) is 84.5 Å². The van der Waals surface area contributed by atoms with E-state index in [-0.39, 0.29) is 11.5 Å². The number of allylic oxidation sites excluding steroid dienone is 4. The molecule has 0 radical (unpaired) electrons. The van der Waals surface area contributed by atoms with Crippen molar-refractivity contribution in [1.82, 2.24) is 0 Å². The molecule has 2 aromatic carbocycles. The molecule has 0 amide bonds. The van der Waals surface area contributed by atoms with Gasteiger partial charge in [0.2, 0.25) is 0 Å². The Morgan fingerprint density at radius 1 is 0.500 bits per heavy atom. The predicted molar refractivity (Wildman–Crippen MR) is 132 cm³/mol. The van der Waals surface area contributed by atoms with Gasteiger partial charge in [0, 0.05) is 0 Å². The average Bonchev–Trinajstić information content (AvgIpc) is 3.58. The van der Waals surface area contributed by atoms with Gasteiger partial charge in [-0.25, -0.2) is 16.8 Å². The molecule has 0 saturated heterocycles. The quantitative estimate of drug-likeness (QED) is 0.494. The Morgan fingerprint density at radius 2 is 0.824 bits per heavy atom. The second-order valence-electron chi connectivity index (χ2n) is 10.4.